The van der Waals surface area contributed by atoms with Crippen molar-refractivity contribution >= 4 is 11.8 Å². The molecular weight excluding hydrogens is 234 g/mol. The molecule has 1 aliphatic rings. The average molecular weight is 251 g/mol. The van der Waals surface area contributed by atoms with Crippen LogP contribution in [0, 0.1) is 0 Å². The Morgan fingerprint density at radius 3 is 2.72 bits per heavy atom. The van der Waals surface area contributed by atoms with Crippen LogP contribution < -0.4 is 5.32 Å². The number of carbonyl (C=O) groups is 2. The number of nitrogens with zero attached hydrogens (tertiary/aromatic N) is 4. The van der Waals surface area contributed by atoms with Crippen molar-refractivity contribution in [3.63, 3.8) is 0 Å². The van der Waals surface area contributed by atoms with Gasteiger partial charge in [0, 0.05) is 13.1 Å². The van der Waals surface area contributed by atoms with Crippen molar-refractivity contribution in [1.82, 2.24) is 25.0 Å². The number of likely N-dealkylation sites (tertiary alicyclic amines) is 1. The summed E-state index contributed by atoms with van der Waals surface area (Å²) in [5.74, 6) is 0.327. The van der Waals surface area contributed by atoms with Gasteiger partial charge in [-0.1, -0.05) is 0 Å². The Morgan fingerprint density at radius 2 is 2.22 bits per heavy atom. The van der Waals surface area contributed by atoms with E-state index < -0.39 is 6.04 Å². The maximum atomic E-state index is 12.0. The summed E-state index contributed by atoms with van der Waals surface area (Å²) in [5, 5.41) is 7.13. The predicted molar refractivity (Wildman–Crippen MR) is 63.2 cm³/mol. The van der Waals surface area contributed by atoms with Crippen molar-refractivity contribution in [2.45, 2.75) is 38.9 Å². The molecule has 1 N–H and O–H groups in total. The van der Waals surface area contributed by atoms with Gasteiger partial charge in [0.15, 0.2) is 5.82 Å². The Bertz CT molecular complexity index is 468. The monoisotopic (exact) mass is 251 g/mol. The van der Waals surface area contributed by atoms with E-state index in [1.165, 1.54) is 4.90 Å². The van der Waals surface area contributed by atoms with Gasteiger partial charge in [-0.15, -0.1) is 0 Å². The van der Waals surface area contributed by atoms with E-state index >= 15 is 0 Å². The van der Waals surface area contributed by atoms with Crippen LogP contribution in [0.15, 0.2) is 6.33 Å². The Labute approximate surface area is 105 Å². The first-order valence-corrected chi connectivity index (χ1v) is 5.93. The van der Waals surface area contributed by atoms with E-state index in [9.17, 15) is 9.59 Å². The lowest BCUT2D eigenvalue weighted by atomic mass is 10.2. The second kappa shape index (κ2) is 4.85. The molecule has 1 aromatic rings. The number of amides is 2. The average Bonchev–Trinajstić information content (AvgIpc) is 2.80. The Balaban J connectivity index is 1.95. The number of carbonyl (C=O) groups excluding carboxylic acids is 2. The van der Waals surface area contributed by atoms with E-state index in [-0.39, 0.29) is 24.3 Å². The SMILES string of the molecule is CC(C)N1C(=O)CC(NCc2ncn(C)n2)C1=O. The smallest absolute Gasteiger partial charge is 0.247 e. The topological polar surface area (TPSA) is 80.1 Å². The fraction of sp³-hybridized carbons (Fsp3) is 0.636. The van der Waals surface area contributed by atoms with Gasteiger partial charge >= 0.3 is 0 Å². The fourth-order valence-corrected chi connectivity index (χ4v) is 2.03. The molecule has 0 aromatic carbocycles. The van der Waals surface area contributed by atoms with Crippen LogP contribution in [0.1, 0.15) is 26.1 Å². The summed E-state index contributed by atoms with van der Waals surface area (Å²) in [5.41, 5.74) is 0. The number of hydrogen-bond acceptors (Lipinski definition) is 5. The highest BCUT2D eigenvalue weighted by molar-refractivity contribution is 6.05. The van der Waals surface area contributed by atoms with E-state index in [1.807, 2.05) is 13.8 Å². The maximum absolute atomic E-state index is 12.0. The van der Waals surface area contributed by atoms with Gasteiger partial charge in [-0.2, -0.15) is 5.10 Å². The molecule has 98 valence electrons. The highest BCUT2D eigenvalue weighted by Gasteiger charge is 2.39. The van der Waals surface area contributed by atoms with E-state index in [0.717, 1.165) is 0 Å². The molecular formula is C11H17N5O2. The van der Waals surface area contributed by atoms with Crippen molar-refractivity contribution in [1.29, 1.82) is 0 Å². The van der Waals surface area contributed by atoms with Gasteiger partial charge < -0.3 is 0 Å². The van der Waals surface area contributed by atoms with Crippen molar-refractivity contribution in [2.75, 3.05) is 0 Å². The number of hydrogen-bond donors (Lipinski definition) is 1. The largest absolute Gasteiger partial charge is 0.298 e. The third-order valence-electron chi connectivity index (χ3n) is 2.85. The minimum Gasteiger partial charge on any atom is -0.298 e. The summed E-state index contributed by atoms with van der Waals surface area (Å²) >= 11 is 0. The fourth-order valence-electron chi connectivity index (χ4n) is 2.03. The second-order valence-corrected chi connectivity index (χ2v) is 4.67. The summed E-state index contributed by atoms with van der Waals surface area (Å²) in [6, 6.07) is -0.548. The lowest BCUT2D eigenvalue weighted by Crippen LogP contribution is -2.41. The van der Waals surface area contributed by atoms with Crippen LogP contribution >= 0.6 is 0 Å². The summed E-state index contributed by atoms with van der Waals surface area (Å²) < 4.78 is 1.60. The van der Waals surface area contributed by atoms with Gasteiger partial charge in [-0.05, 0) is 13.8 Å². The molecule has 0 saturated carbocycles. The summed E-state index contributed by atoms with van der Waals surface area (Å²) in [4.78, 5) is 29.0. The van der Waals surface area contributed by atoms with Crippen molar-refractivity contribution < 1.29 is 9.59 Å². The molecule has 0 radical (unpaired) electrons. The highest BCUT2D eigenvalue weighted by atomic mass is 16.2. The molecule has 1 saturated heterocycles. The van der Waals surface area contributed by atoms with Crippen LogP contribution in [-0.4, -0.2) is 43.6 Å². The summed E-state index contributed by atoms with van der Waals surface area (Å²) in [7, 11) is 1.78. The van der Waals surface area contributed by atoms with Crippen LogP contribution in [0.25, 0.3) is 0 Å². The van der Waals surface area contributed by atoms with Gasteiger partial charge in [0.25, 0.3) is 0 Å². The van der Waals surface area contributed by atoms with Gasteiger partial charge in [-0.25, -0.2) is 4.98 Å². The molecule has 2 amide bonds. The van der Waals surface area contributed by atoms with Gasteiger partial charge in [0.1, 0.15) is 6.33 Å². The molecule has 0 aliphatic carbocycles. The van der Waals surface area contributed by atoms with Crippen LogP contribution in [0.3, 0.4) is 0 Å². The molecule has 7 nitrogen and oxygen atoms in total. The lowest BCUT2D eigenvalue weighted by Gasteiger charge is -2.18. The molecule has 1 aromatic heterocycles. The Morgan fingerprint density at radius 1 is 1.50 bits per heavy atom. The second-order valence-electron chi connectivity index (χ2n) is 4.67. The zero-order valence-corrected chi connectivity index (χ0v) is 10.8. The predicted octanol–water partition coefficient (Wildman–Crippen LogP) is -0.559. The maximum Gasteiger partial charge on any atom is 0.247 e. The number of aromatic nitrogens is 3. The van der Waals surface area contributed by atoms with Crippen LogP contribution in [-0.2, 0) is 23.2 Å². The highest BCUT2D eigenvalue weighted by Crippen LogP contribution is 2.16. The van der Waals surface area contributed by atoms with Crippen molar-refractivity contribution in [2.24, 2.45) is 7.05 Å². The number of aryl methyl sites for hydroxylation is 1. The van der Waals surface area contributed by atoms with Gasteiger partial charge in [0.05, 0.1) is 19.0 Å². The van der Waals surface area contributed by atoms with E-state index in [4.69, 9.17) is 0 Å². The molecule has 18 heavy (non-hydrogen) atoms. The zero-order valence-electron chi connectivity index (χ0n) is 10.8. The quantitative estimate of drug-likeness (QED) is 0.726. The standard InChI is InChI=1S/C11H17N5O2/c1-7(2)16-10(17)4-8(11(16)18)12-5-9-13-6-15(3)14-9/h6-8,12H,4-5H2,1-3H3. The normalized spacial score (nSPS) is 20.2. The summed E-state index contributed by atoms with van der Waals surface area (Å²) in [6.07, 6.45) is 1.81. The molecule has 2 heterocycles. The Kier molecular flexibility index (Phi) is 3.42. The number of imide groups is 1. The molecule has 1 unspecified atom stereocenters. The number of rotatable bonds is 4. The van der Waals surface area contributed by atoms with Gasteiger partial charge in [0.2, 0.25) is 11.8 Å². The minimum absolute atomic E-state index is 0.0928. The van der Waals surface area contributed by atoms with Crippen LogP contribution in [0.4, 0.5) is 0 Å². The van der Waals surface area contributed by atoms with E-state index in [2.05, 4.69) is 15.4 Å². The van der Waals surface area contributed by atoms with Gasteiger partial charge in [-0.3, -0.25) is 24.5 Å². The van der Waals surface area contributed by atoms with E-state index in [1.54, 1.807) is 18.1 Å². The van der Waals surface area contributed by atoms with Crippen LogP contribution in [0.2, 0.25) is 0 Å². The first kappa shape index (κ1) is 12.7. The first-order valence-electron chi connectivity index (χ1n) is 5.93. The summed E-state index contributed by atoms with van der Waals surface area (Å²) in [6.45, 7) is 4.05. The van der Waals surface area contributed by atoms with Crippen LogP contribution in [0.5, 0.6) is 0 Å². The molecule has 1 fully saturated rings. The molecule has 2 rings (SSSR count). The molecule has 7 heteroatoms. The third kappa shape index (κ3) is 2.40. The number of nitrogens with one attached hydrogen (secondary N) is 1. The Hall–Kier alpha value is -1.76. The molecule has 0 spiro atoms. The lowest BCUT2D eigenvalue weighted by molar-refractivity contribution is -0.140. The molecule has 1 atom stereocenters. The molecule has 0 bridgehead atoms. The van der Waals surface area contributed by atoms with Crippen molar-refractivity contribution in [3.8, 4) is 0 Å². The van der Waals surface area contributed by atoms with Crippen molar-refractivity contribution in [3.05, 3.63) is 12.2 Å². The minimum atomic E-state index is -0.455. The van der Waals surface area contributed by atoms with E-state index in [0.29, 0.717) is 12.4 Å². The zero-order chi connectivity index (χ0) is 13.3. The third-order valence-corrected chi connectivity index (χ3v) is 2.85. The first-order chi connectivity index (χ1) is 8.49. The molecule has 1 aliphatic heterocycles.